The minimum atomic E-state index is -1.07. The van der Waals surface area contributed by atoms with E-state index in [2.05, 4.69) is 5.10 Å². The van der Waals surface area contributed by atoms with E-state index in [9.17, 15) is 19.2 Å². The van der Waals surface area contributed by atoms with Crippen LogP contribution in [0.25, 0.3) is 15.9 Å². The van der Waals surface area contributed by atoms with Gasteiger partial charge in [0, 0.05) is 24.5 Å². The van der Waals surface area contributed by atoms with Crippen LogP contribution >= 0.6 is 11.3 Å². The van der Waals surface area contributed by atoms with Crippen LogP contribution in [0.2, 0.25) is 0 Å². The Bertz CT molecular complexity index is 1340. The van der Waals surface area contributed by atoms with Crippen molar-refractivity contribution in [2.24, 2.45) is 11.3 Å². The number of fused-ring (bicyclic) bond motifs is 1. The number of Topliss-reactive ketones (excluding diaryl/α,β-unsaturated/α-hetero) is 3. The molecule has 0 aliphatic heterocycles. The molecule has 0 saturated carbocycles. The van der Waals surface area contributed by atoms with Gasteiger partial charge in [0.05, 0.1) is 32.8 Å². The van der Waals surface area contributed by atoms with Crippen molar-refractivity contribution in [3.05, 3.63) is 57.0 Å². The molecule has 0 spiro atoms. The molecule has 160 valence electrons. The molecule has 0 bridgehead atoms. The van der Waals surface area contributed by atoms with Gasteiger partial charge >= 0.3 is 4.87 Å². The van der Waals surface area contributed by atoms with Crippen LogP contribution in [0.1, 0.15) is 43.6 Å². The highest BCUT2D eigenvalue weighted by Gasteiger charge is 2.49. The molecule has 1 aromatic carbocycles. The Morgan fingerprint density at radius 2 is 1.94 bits per heavy atom. The molecule has 1 aliphatic carbocycles. The van der Waals surface area contributed by atoms with Gasteiger partial charge in [-0.1, -0.05) is 11.3 Å². The molecule has 1 atom stereocenters. The number of hydrogen-bond donors (Lipinski definition) is 0. The van der Waals surface area contributed by atoms with Gasteiger partial charge in [-0.25, -0.2) is 4.68 Å². The third-order valence-corrected chi connectivity index (χ3v) is 7.03. The SMILES string of the molecule is CCn1c(=O)sc2ccc(C(=O)C3=C(n4cccn4)C(C)(C)C(=O)C(C)C3=O)c(C)c21. The van der Waals surface area contributed by atoms with Crippen LogP contribution in [-0.4, -0.2) is 31.7 Å². The number of allylic oxidation sites excluding steroid dienone is 2. The van der Waals surface area contributed by atoms with Crippen LogP contribution in [0, 0.1) is 18.3 Å². The Balaban J connectivity index is 2.03. The minimum absolute atomic E-state index is 0.0242. The molecule has 7 nitrogen and oxygen atoms in total. The summed E-state index contributed by atoms with van der Waals surface area (Å²) in [7, 11) is 0. The predicted molar refractivity (Wildman–Crippen MR) is 119 cm³/mol. The number of thiazole rings is 1. The molecule has 4 rings (SSSR count). The molecule has 2 heterocycles. The van der Waals surface area contributed by atoms with E-state index in [1.54, 1.807) is 62.9 Å². The average molecular weight is 438 g/mol. The van der Waals surface area contributed by atoms with Gasteiger partial charge in [-0.05, 0) is 58.4 Å². The summed E-state index contributed by atoms with van der Waals surface area (Å²) >= 11 is 1.13. The number of aromatic nitrogens is 3. The smallest absolute Gasteiger partial charge is 0.299 e. The highest BCUT2D eigenvalue weighted by molar-refractivity contribution is 7.16. The molecule has 0 fully saturated rings. The van der Waals surface area contributed by atoms with Gasteiger partial charge in [0.1, 0.15) is 0 Å². The highest BCUT2D eigenvalue weighted by Crippen LogP contribution is 2.42. The first kappa shape index (κ1) is 21.1. The standard InChI is InChI=1S/C23H23N3O4S/c1-6-25-17-12(2)14(8-9-15(17)31-22(25)30)19(28)16-18(27)13(3)21(29)23(4,5)20(16)26-11-7-10-24-26/h7-11,13H,6H2,1-5H3. The Hall–Kier alpha value is -3.13. The topological polar surface area (TPSA) is 91.0 Å². The maximum Gasteiger partial charge on any atom is 0.308 e. The lowest BCUT2D eigenvalue weighted by molar-refractivity contribution is -0.135. The monoisotopic (exact) mass is 437 g/mol. The average Bonchev–Trinajstić information content (AvgIpc) is 3.36. The van der Waals surface area contributed by atoms with Gasteiger partial charge in [0.2, 0.25) is 0 Å². The largest absolute Gasteiger partial charge is 0.308 e. The van der Waals surface area contributed by atoms with Crippen LogP contribution in [0.5, 0.6) is 0 Å². The number of benzene rings is 1. The molecule has 8 heteroatoms. The number of hydrogen-bond acceptors (Lipinski definition) is 6. The van der Waals surface area contributed by atoms with Crippen LogP contribution in [-0.2, 0) is 16.1 Å². The number of nitrogens with zero attached hydrogens (tertiary/aromatic N) is 3. The van der Waals surface area contributed by atoms with Gasteiger partial charge in [-0.15, -0.1) is 0 Å². The third-order valence-electron chi connectivity index (χ3n) is 6.08. The molecule has 1 unspecified atom stereocenters. The molecular weight excluding hydrogens is 414 g/mol. The highest BCUT2D eigenvalue weighted by atomic mass is 32.1. The van der Waals surface area contributed by atoms with Gasteiger partial charge in [-0.3, -0.25) is 23.7 Å². The molecule has 0 radical (unpaired) electrons. The van der Waals surface area contributed by atoms with Crippen molar-refractivity contribution in [3.63, 3.8) is 0 Å². The summed E-state index contributed by atoms with van der Waals surface area (Å²) in [6, 6.07) is 5.08. The van der Waals surface area contributed by atoms with E-state index in [4.69, 9.17) is 0 Å². The molecule has 31 heavy (non-hydrogen) atoms. The van der Waals surface area contributed by atoms with E-state index in [0.29, 0.717) is 23.2 Å². The summed E-state index contributed by atoms with van der Waals surface area (Å²) in [5.74, 6) is -2.13. The summed E-state index contributed by atoms with van der Waals surface area (Å²) in [6.07, 6.45) is 3.17. The van der Waals surface area contributed by atoms with E-state index >= 15 is 0 Å². The van der Waals surface area contributed by atoms with Gasteiger partial charge in [-0.2, -0.15) is 5.10 Å². The Labute approximate surface area is 183 Å². The van der Waals surface area contributed by atoms with E-state index < -0.39 is 22.9 Å². The molecular formula is C23H23N3O4S. The lowest BCUT2D eigenvalue weighted by Gasteiger charge is -2.35. The van der Waals surface area contributed by atoms with Gasteiger partial charge < -0.3 is 0 Å². The maximum absolute atomic E-state index is 13.8. The second-order valence-electron chi connectivity index (χ2n) is 8.28. The maximum atomic E-state index is 13.8. The molecule has 3 aromatic rings. The fourth-order valence-corrected chi connectivity index (χ4v) is 5.46. The van der Waals surface area contributed by atoms with Crippen LogP contribution in [0.15, 0.2) is 41.0 Å². The van der Waals surface area contributed by atoms with Crippen LogP contribution in [0.3, 0.4) is 0 Å². The fourth-order valence-electron chi connectivity index (χ4n) is 4.45. The van der Waals surface area contributed by atoms with E-state index in [-0.39, 0.29) is 21.9 Å². The predicted octanol–water partition coefficient (Wildman–Crippen LogP) is 3.50. The van der Waals surface area contributed by atoms with Crippen molar-refractivity contribution < 1.29 is 14.4 Å². The normalized spacial score (nSPS) is 18.8. The number of carbonyl (C=O) groups excluding carboxylic acids is 3. The second-order valence-corrected chi connectivity index (χ2v) is 9.27. The molecule has 2 aromatic heterocycles. The third kappa shape index (κ3) is 2.96. The first-order chi connectivity index (χ1) is 14.6. The fraction of sp³-hybridized carbons (Fsp3) is 0.348. The van der Waals surface area contributed by atoms with Crippen molar-refractivity contribution in [2.75, 3.05) is 0 Å². The van der Waals surface area contributed by atoms with Crippen molar-refractivity contribution in [1.29, 1.82) is 0 Å². The number of rotatable bonds is 4. The summed E-state index contributed by atoms with van der Waals surface area (Å²) in [5.41, 5.74) is 0.882. The lowest BCUT2D eigenvalue weighted by atomic mass is 9.68. The van der Waals surface area contributed by atoms with Gasteiger partial charge in [0.15, 0.2) is 17.3 Å². The molecule has 1 aliphatic rings. The molecule has 0 N–H and O–H groups in total. The van der Waals surface area contributed by atoms with Gasteiger partial charge in [0.25, 0.3) is 0 Å². The van der Waals surface area contributed by atoms with Crippen LogP contribution < -0.4 is 4.87 Å². The van der Waals surface area contributed by atoms with E-state index in [0.717, 1.165) is 16.0 Å². The van der Waals surface area contributed by atoms with Crippen LogP contribution in [0.4, 0.5) is 0 Å². The zero-order valence-electron chi connectivity index (χ0n) is 18.1. The van der Waals surface area contributed by atoms with Crippen molar-refractivity contribution >= 4 is 44.6 Å². The summed E-state index contributed by atoms with van der Waals surface area (Å²) in [6.45, 7) is 9.12. The molecule has 0 saturated heterocycles. The van der Waals surface area contributed by atoms with Crippen molar-refractivity contribution in [2.45, 2.75) is 41.2 Å². The van der Waals surface area contributed by atoms with Crippen molar-refractivity contribution in [1.82, 2.24) is 14.3 Å². The summed E-state index contributed by atoms with van der Waals surface area (Å²) in [5, 5.41) is 4.22. The first-order valence-corrected chi connectivity index (χ1v) is 10.9. The zero-order chi connectivity index (χ0) is 22.7. The number of carbonyl (C=O) groups is 3. The van der Waals surface area contributed by atoms with E-state index in [1.165, 1.54) is 4.68 Å². The number of aryl methyl sites for hydroxylation is 2. The summed E-state index contributed by atoms with van der Waals surface area (Å²) < 4.78 is 3.87. The Morgan fingerprint density at radius 1 is 1.23 bits per heavy atom. The molecule has 0 amide bonds. The first-order valence-electron chi connectivity index (χ1n) is 10.1. The lowest BCUT2D eigenvalue weighted by Crippen LogP contribution is -2.44. The van der Waals surface area contributed by atoms with E-state index in [1.807, 2.05) is 6.92 Å². The summed E-state index contributed by atoms with van der Waals surface area (Å²) in [4.78, 5) is 52.2. The second kappa shape index (κ2) is 7.23. The van der Waals surface area contributed by atoms with Crippen molar-refractivity contribution in [3.8, 4) is 0 Å². The Kier molecular flexibility index (Phi) is 4.93. The number of ketones is 3. The minimum Gasteiger partial charge on any atom is -0.299 e. The zero-order valence-corrected chi connectivity index (χ0v) is 18.9. The quantitative estimate of drug-likeness (QED) is 0.354. The Morgan fingerprint density at radius 3 is 2.55 bits per heavy atom.